The van der Waals surface area contributed by atoms with E-state index in [9.17, 15) is 9.59 Å². The first-order chi connectivity index (χ1) is 6.44. The summed E-state index contributed by atoms with van der Waals surface area (Å²) >= 11 is 0. The highest BCUT2D eigenvalue weighted by atomic mass is 16.6. The highest BCUT2D eigenvalue weighted by Crippen LogP contribution is 2.25. The summed E-state index contributed by atoms with van der Waals surface area (Å²) in [6.07, 6.45) is 0.529. The van der Waals surface area contributed by atoms with Gasteiger partial charge in [0.05, 0.1) is 6.54 Å². The van der Waals surface area contributed by atoms with Crippen molar-refractivity contribution in [3.63, 3.8) is 0 Å². The summed E-state index contributed by atoms with van der Waals surface area (Å²) in [5.74, 6) is -0.536. The molecule has 0 radical (unpaired) electrons. The van der Waals surface area contributed by atoms with Gasteiger partial charge in [-0.15, -0.1) is 0 Å². The van der Waals surface area contributed by atoms with E-state index in [0.717, 1.165) is 0 Å². The molecule has 0 spiro atoms. The van der Waals surface area contributed by atoms with E-state index in [4.69, 9.17) is 4.74 Å². The lowest BCUT2D eigenvalue weighted by atomic mass is 10.0. The zero-order valence-electron chi connectivity index (χ0n) is 8.72. The summed E-state index contributed by atoms with van der Waals surface area (Å²) < 4.78 is 5.07. The van der Waals surface area contributed by atoms with Gasteiger partial charge >= 0.3 is 5.97 Å². The quantitative estimate of drug-likeness (QED) is 0.598. The molecule has 0 bridgehead atoms. The summed E-state index contributed by atoms with van der Waals surface area (Å²) in [7, 11) is 1.68. The minimum atomic E-state index is -0.495. The van der Waals surface area contributed by atoms with E-state index in [1.54, 1.807) is 7.05 Å². The van der Waals surface area contributed by atoms with Crippen molar-refractivity contribution < 1.29 is 14.3 Å². The van der Waals surface area contributed by atoms with Crippen molar-refractivity contribution in [2.45, 2.75) is 31.9 Å². The third-order valence-corrected chi connectivity index (χ3v) is 2.03. The van der Waals surface area contributed by atoms with E-state index in [2.05, 4.69) is 10.6 Å². The van der Waals surface area contributed by atoms with E-state index in [1.807, 2.05) is 13.8 Å². The second-order valence-electron chi connectivity index (χ2n) is 4.04. The SMILES string of the molecule is CNCC(=O)NC1CC(C)(C)OC1=O. The Bertz CT molecular complexity index is 250. The van der Waals surface area contributed by atoms with E-state index in [1.165, 1.54) is 0 Å². The molecule has 80 valence electrons. The predicted molar refractivity (Wildman–Crippen MR) is 50.6 cm³/mol. The number of likely N-dealkylation sites (N-methyl/N-ethyl adjacent to an activating group) is 1. The third-order valence-electron chi connectivity index (χ3n) is 2.03. The Labute approximate surface area is 83.2 Å². The molecule has 1 saturated heterocycles. The molecule has 1 heterocycles. The fraction of sp³-hybridized carbons (Fsp3) is 0.778. The molecule has 2 N–H and O–H groups in total. The zero-order chi connectivity index (χ0) is 10.8. The molecule has 5 nitrogen and oxygen atoms in total. The average Bonchev–Trinajstić information content (AvgIpc) is 2.25. The number of nitrogens with one attached hydrogen (secondary N) is 2. The summed E-state index contributed by atoms with van der Waals surface area (Å²) in [6, 6.07) is -0.495. The van der Waals surface area contributed by atoms with Gasteiger partial charge in [0.15, 0.2) is 0 Å². The number of rotatable bonds is 3. The van der Waals surface area contributed by atoms with Gasteiger partial charge in [-0.1, -0.05) is 0 Å². The smallest absolute Gasteiger partial charge is 0.329 e. The average molecular weight is 200 g/mol. The Balaban J connectivity index is 2.47. The first-order valence-electron chi connectivity index (χ1n) is 4.61. The Morgan fingerprint density at radius 3 is 2.71 bits per heavy atom. The lowest BCUT2D eigenvalue weighted by Gasteiger charge is -2.14. The van der Waals surface area contributed by atoms with Gasteiger partial charge in [-0.3, -0.25) is 4.79 Å². The van der Waals surface area contributed by atoms with Gasteiger partial charge < -0.3 is 15.4 Å². The van der Waals surface area contributed by atoms with E-state index < -0.39 is 11.6 Å². The Hall–Kier alpha value is -1.10. The van der Waals surface area contributed by atoms with Crippen LogP contribution in [0.4, 0.5) is 0 Å². The molecule has 1 rings (SSSR count). The fourth-order valence-corrected chi connectivity index (χ4v) is 1.48. The van der Waals surface area contributed by atoms with Crippen molar-refractivity contribution in [1.29, 1.82) is 0 Å². The molecule has 0 aromatic heterocycles. The van der Waals surface area contributed by atoms with Crippen LogP contribution >= 0.6 is 0 Å². The van der Waals surface area contributed by atoms with Crippen molar-refractivity contribution in [2.24, 2.45) is 0 Å². The summed E-state index contributed by atoms with van der Waals surface area (Å²) in [5, 5.41) is 5.32. The molecule has 14 heavy (non-hydrogen) atoms. The standard InChI is InChI=1S/C9H16N2O3/c1-9(2)4-6(8(13)14-9)11-7(12)5-10-3/h6,10H,4-5H2,1-3H3,(H,11,12). The van der Waals surface area contributed by atoms with Crippen LogP contribution in [0.25, 0.3) is 0 Å². The third kappa shape index (κ3) is 2.70. The first-order valence-corrected chi connectivity index (χ1v) is 4.61. The summed E-state index contributed by atoms with van der Waals surface area (Å²) in [6.45, 7) is 3.87. The molecule has 1 aliphatic rings. The molecule has 5 heteroatoms. The number of hydrogen-bond donors (Lipinski definition) is 2. The van der Waals surface area contributed by atoms with Gasteiger partial charge in [0.25, 0.3) is 0 Å². The number of hydrogen-bond acceptors (Lipinski definition) is 4. The molecule has 1 amide bonds. The lowest BCUT2D eigenvalue weighted by molar-refractivity contribution is -0.148. The zero-order valence-corrected chi connectivity index (χ0v) is 8.72. The monoisotopic (exact) mass is 200 g/mol. The number of ether oxygens (including phenoxy) is 1. The summed E-state index contributed by atoms with van der Waals surface area (Å²) in [4.78, 5) is 22.4. The van der Waals surface area contributed by atoms with Gasteiger partial charge in [0, 0.05) is 6.42 Å². The van der Waals surface area contributed by atoms with Crippen LogP contribution in [0.3, 0.4) is 0 Å². The molecule has 1 atom stereocenters. The highest BCUT2D eigenvalue weighted by molar-refractivity contribution is 5.86. The molecule has 0 aliphatic carbocycles. The van der Waals surface area contributed by atoms with Gasteiger partial charge in [0.2, 0.25) is 5.91 Å². The second kappa shape index (κ2) is 3.96. The van der Waals surface area contributed by atoms with E-state index in [-0.39, 0.29) is 18.4 Å². The largest absolute Gasteiger partial charge is 0.458 e. The molecule has 0 aromatic carbocycles. The van der Waals surface area contributed by atoms with E-state index >= 15 is 0 Å². The number of carbonyl (C=O) groups excluding carboxylic acids is 2. The molecule has 0 aromatic rings. The normalized spacial score (nSPS) is 24.5. The van der Waals surface area contributed by atoms with Crippen LogP contribution in [-0.2, 0) is 14.3 Å². The summed E-state index contributed by atoms with van der Waals surface area (Å²) in [5.41, 5.74) is -0.464. The maximum Gasteiger partial charge on any atom is 0.329 e. The van der Waals surface area contributed by atoms with Gasteiger partial charge in [0.1, 0.15) is 11.6 Å². The van der Waals surface area contributed by atoms with Crippen LogP contribution in [0.2, 0.25) is 0 Å². The van der Waals surface area contributed by atoms with Crippen molar-refractivity contribution in [3.8, 4) is 0 Å². The minimum Gasteiger partial charge on any atom is -0.458 e. The molecular weight excluding hydrogens is 184 g/mol. The van der Waals surface area contributed by atoms with Gasteiger partial charge in [-0.05, 0) is 20.9 Å². The number of carbonyl (C=O) groups is 2. The Morgan fingerprint density at radius 1 is 1.64 bits per heavy atom. The Morgan fingerprint density at radius 2 is 2.29 bits per heavy atom. The maximum absolute atomic E-state index is 11.3. The topological polar surface area (TPSA) is 67.4 Å². The maximum atomic E-state index is 11.3. The van der Waals surface area contributed by atoms with E-state index in [0.29, 0.717) is 6.42 Å². The number of cyclic esters (lactones) is 1. The van der Waals surface area contributed by atoms with Gasteiger partial charge in [-0.25, -0.2) is 4.79 Å². The van der Waals surface area contributed by atoms with Crippen LogP contribution in [0, 0.1) is 0 Å². The number of esters is 1. The van der Waals surface area contributed by atoms with Crippen LogP contribution in [0.15, 0.2) is 0 Å². The van der Waals surface area contributed by atoms with Crippen LogP contribution in [-0.4, -0.2) is 37.1 Å². The van der Waals surface area contributed by atoms with Crippen molar-refractivity contribution in [3.05, 3.63) is 0 Å². The molecule has 1 fully saturated rings. The molecular formula is C9H16N2O3. The molecule has 0 saturated carbocycles. The van der Waals surface area contributed by atoms with Crippen LogP contribution in [0.1, 0.15) is 20.3 Å². The lowest BCUT2D eigenvalue weighted by Crippen LogP contribution is -2.42. The van der Waals surface area contributed by atoms with Gasteiger partial charge in [-0.2, -0.15) is 0 Å². The predicted octanol–water partition coefficient (Wildman–Crippen LogP) is -0.584. The first kappa shape index (κ1) is 11.0. The van der Waals surface area contributed by atoms with Crippen molar-refractivity contribution >= 4 is 11.9 Å². The molecule has 1 aliphatic heterocycles. The Kier molecular flexibility index (Phi) is 3.10. The minimum absolute atomic E-state index is 0.188. The molecule has 1 unspecified atom stereocenters. The van der Waals surface area contributed by atoms with Crippen molar-refractivity contribution in [1.82, 2.24) is 10.6 Å². The van der Waals surface area contributed by atoms with Crippen LogP contribution < -0.4 is 10.6 Å². The fourth-order valence-electron chi connectivity index (χ4n) is 1.48. The van der Waals surface area contributed by atoms with Crippen molar-refractivity contribution in [2.75, 3.05) is 13.6 Å². The van der Waals surface area contributed by atoms with Crippen LogP contribution in [0.5, 0.6) is 0 Å². The number of amides is 1. The second-order valence-corrected chi connectivity index (χ2v) is 4.04. The highest BCUT2D eigenvalue weighted by Gasteiger charge is 2.40.